The highest BCUT2D eigenvalue weighted by atomic mass is 16.6. The van der Waals surface area contributed by atoms with Gasteiger partial charge in [0.1, 0.15) is 35.7 Å². The van der Waals surface area contributed by atoms with Crippen LogP contribution in [-0.2, 0) is 11.3 Å². The van der Waals surface area contributed by atoms with Crippen LogP contribution in [0.15, 0.2) is 36.5 Å². The summed E-state index contributed by atoms with van der Waals surface area (Å²) in [5, 5.41) is 51.8. The lowest BCUT2D eigenvalue weighted by Crippen LogP contribution is -2.56. The van der Waals surface area contributed by atoms with E-state index in [1.165, 1.54) is 0 Å². The Kier molecular flexibility index (Phi) is 5.15. The highest BCUT2D eigenvalue weighted by molar-refractivity contribution is 5.84. The number of aromatic nitrogens is 5. The van der Waals surface area contributed by atoms with E-state index in [9.17, 15) is 20.4 Å². The molecule has 1 saturated heterocycles. The largest absolute Gasteiger partial charge is 0.483 e. The van der Waals surface area contributed by atoms with Crippen molar-refractivity contribution in [2.75, 3.05) is 6.61 Å². The summed E-state index contributed by atoms with van der Waals surface area (Å²) in [5.74, 6) is 0.771. The summed E-state index contributed by atoms with van der Waals surface area (Å²) in [5.41, 5.74) is 0.700. The van der Waals surface area contributed by atoms with E-state index in [1.54, 1.807) is 12.3 Å². The third-order valence-electron chi connectivity index (χ3n) is 4.52. The fraction of sp³-hybridized carbons (Fsp3) is 0.412. The first kappa shape index (κ1) is 18.7. The van der Waals surface area contributed by atoms with Gasteiger partial charge in [-0.2, -0.15) is 0 Å². The minimum absolute atomic E-state index is 0.00684. The number of hydrogen-bond donors (Lipinski definition) is 4. The molecular weight excluding hydrogens is 370 g/mol. The normalized spacial score (nSPS) is 27.8. The molecule has 4 N–H and O–H groups in total. The molecule has 3 aromatic rings. The summed E-state index contributed by atoms with van der Waals surface area (Å²) in [6.07, 6.45) is -5.08. The van der Waals surface area contributed by atoms with Crippen LogP contribution in [0.25, 0.3) is 10.9 Å². The van der Waals surface area contributed by atoms with Crippen molar-refractivity contribution in [2.45, 2.75) is 37.3 Å². The smallest absolute Gasteiger partial charge is 0.212 e. The first-order valence-electron chi connectivity index (χ1n) is 8.64. The van der Waals surface area contributed by atoms with Crippen LogP contribution >= 0.6 is 0 Å². The van der Waals surface area contributed by atoms with Gasteiger partial charge < -0.3 is 29.9 Å². The Hall–Kier alpha value is -2.70. The van der Waals surface area contributed by atoms with Crippen LogP contribution in [0.3, 0.4) is 0 Å². The van der Waals surface area contributed by atoms with Crippen LogP contribution in [0.1, 0.15) is 12.1 Å². The predicted molar refractivity (Wildman–Crippen MR) is 92.9 cm³/mol. The lowest BCUT2D eigenvalue weighted by molar-refractivity contribution is -0.257. The van der Waals surface area contributed by atoms with Crippen molar-refractivity contribution < 1.29 is 29.9 Å². The van der Waals surface area contributed by atoms with Crippen LogP contribution in [-0.4, -0.2) is 76.6 Å². The molecule has 0 saturated carbocycles. The highest BCUT2D eigenvalue weighted by Crippen LogP contribution is 2.27. The Morgan fingerprint density at radius 2 is 1.89 bits per heavy atom. The molecule has 28 heavy (non-hydrogen) atoms. The predicted octanol–water partition coefficient (Wildman–Crippen LogP) is -1.23. The van der Waals surface area contributed by atoms with E-state index in [1.807, 2.05) is 24.3 Å². The van der Waals surface area contributed by atoms with Gasteiger partial charge in [0, 0.05) is 11.6 Å². The molecule has 0 unspecified atom stereocenters. The van der Waals surface area contributed by atoms with Gasteiger partial charge in [0.05, 0.1) is 6.61 Å². The lowest BCUT2D eigenvalue weighted by Gasteiger charge is -2.38. The minimum Gasteiger partial charge on any atom is -0.483 e. The Bertz CT molecular complexity index is 945. The number of rotatable bonds is 5. The Balaban J connectivity index is 1.48. The first-order valence-corrected chi connectivity index (χ1v) is 8.64. The molecule has 1 aliphatic heterocycles. The van der Waals surface area contributed by atoms with E-state index in [4.69, 9.17) is 9.47 Å². The van der Waals surface area contributed by atoms with Gasteiger partial charge in [-0.3, -0.25) is 4.98 Å². The molecular formula is C17H19N5O6. The monoisotopic (exact) mass is 389 g/mol. The SMILES string of the molecule is OC[C@H]1O[C@@H](n2nnc(COc3cccc4cccnc34)n2)[C@H](O)[C@@H](O)[C@@H]1O. The van der Waals surface area contributed by atoms with Crippen LogP contribution < -0.4 is 4.74 Å². The number of nitrogens with zero attached hydrogens (tertiary/aromatic N) is 5. The van der Waals surface area contributed by atoms with E-state index in [2.05, 4.69) is 20.4 Å². The van der Waals surface area contributed by atoms with Crippen molar-refractivity contribution in [3.05, 3.63) is 42.4 Å². The molecule has 1 aliphatic rings. The summed E-state index contributed by atoms with van der Waals surface area (Å²) in [6, 6.07) is 9.29. The van der Waals surface area contributed by atoms with Crippen molar-refractivity contribution in [1.29, 1.82) is 0 Å². The van der Waals surface area contributed by atoms with Gasteiger partial charge in [-0.25, -0.2) is 0 Å². The molecule has 0 amide bonds. The summed E-state index contributed by atoms with van der Waals surface area (Å²) in [4.78, 5) is 5.27. The van der Waals surface area contributed by atoms with Gasteiger partial charge in [0.2, 0.25) is 5.82 Å². The van der Waals surface area contributed by atoms with Gasteiger partial charge in [-0.1, -0.05) is 18.2 Å². The summed E-state index contributed by atoms with van der Waals surface area (Å²) in [6.45, 7) is -0.548. The standard InChI is InChI=1S/C17H19N5O6/c23-7-11-14(24)15(25)16(26)17(28-11)22-20-12(19-21-22)8-27-10-5-1-3-9-4-2-6-18-13(9)10/h1-6,11,14-17,23-26H,7-8H2/t11-,14-,15+,16-,17-/m1/s1. The fourth-order valence-electron chi connectivity index (χ4n) is 3.03. The number of fused-ring (bicyclic) bond motifs is 1. The first-order chi connectivity index (χ1) is 13.6. The van der Waals surface area contributed by atoms with Crippen LogP contribution in [0.4, 0.5) is 0 Å². The molecule has 0 spiro atoms. The second-order valence-electron chi connectivity index (χ2n) is 6.37. The molecule has 3 heterocycles. The zero-order chi connectivity index (χ0) is 19.7. The number of ether oxygens (including phenoxy) is 2. The minimum atomic E-state index is -1.52. The Morgan fingerprint density at radius 3 is 2.71 bits per heavy atom. The maximum absolute atomic E-state index is 10.1. The van der Waals surface area contributed by atoms with E-state index < -0.39 is 37.3 Å². The number of pyridine rings is 1. The molecule has 1 aromatic carbocycles. The summed E-state index contributed by atoms with van der Waals surface area (Å²) in [7, 11) is 0. The maximum atomic E-state index is 10.1. The number of para-hydroxylation sites is 1. The molecule has 1 fully saturated rings. The second kappa shape index (κ2) is 7.73. The zero-order valence-electron chi connectivity index (χ0n) is 14.6. The number of benzene rings is 1. The second-order valence-corrected chi connectivity index (χ2v) is 6.37. The zero-order valence-corrected chi connectivity index (χ0v) is 14.6. The molecule has 5 atom stereocenters. The Morgan fingerprint density at radius 1 is 1.07 bits per heavy atom. The number of aliphatic hydroxyl groups is 4. The molecule has 0 radical (unpaired) electrons. The van der Waals surface area contributed by atoms with E-state index in [-0.39, 0.29) is 12.4 Å². The molecule has 2 aromatic heterocycles. The third-order valence-corrected chi connectivity index (χ3v) is 4.52. The molecule has 11 heteroatoms. The molecule has 4 rings (SSSR count). The Labute approximate surface area is 158 Å². The summed E-state index contributed by atoms with van der Waals surface area (Å²) < 4.78 is 11.1. The van der Waals surface area contributed by atoms with Gasteiger partial charge in [-0.05, 0) is 17.3 Å². The van der Waals surface area contributed by atoms with E-state index >= 15 is 0 Å². The van der Waals surface area contributed by atoms with Gasteiger partial charge >= 0.3 is 0 Å². The molecule has 148 valence electrons. The van der Waals surface area contributed by atoms with Crippen molar-refractivity contribution in [3.8, 4) is 5.75 Å². The van der Waals surface area contributed by atoms with Crippen molar-refractivity contribution >= 4 is 10.9 Å². The number of hydrogen-bond acceptors (Lipinski definition) is 10. The summed E-state index contributed by atoms with van der Waals surface area (Å²) >= 11 is 0. The average molecular weight is 389 g/mol. The van der Waals surface area contributed by atoms with Crippen LogP contribution in [0, 0.1) is 0 Å². The van der Waals surface area contributed by atoms with E-state index in [0.717, 1.165) is 10.2 Å². The molecule has 0 bridgehead atoms. The fourth-order valence-corrected chi connectivity index (χ4v) is 3.03. The van der Waals surface area contributed by atoms with Crippen molar-refractivity contribution in [1.82, 2.24) is 25.2 Å². The van der Waals surface area contributed by atoms with Gasteiger partial charge in [0.15, 0.2) is 12.8 Å². The third kappa shape index (κ3) is 3.41. The topological polar surface area (TPSA) is 156 Å². The maximum Gasteiger partial charge on any atom is 0.212 e. The molecule has 0 aliphatic carbocycles. The van der Waals surface area contributed by atoms with Gasteiger partial charge in [0.25, 0.3) is 0 Å². The van der Waals surface area contributed by atoms with E-state index in [0.29, 0.717) is 11.3 Å². The molecule has 11 nitrogen and oxygen atoms in total. The van der Waals surface area contributed by atoms with Crippen LogP contribution in [0.2, 0.25) is 0 Å². The quantitative estimate of drug-likeness (QED) is 0.417. The lowest BCUT2D eigenvalue weighted by atomic mass is 9.99. The van der Waals surface area contributed by atoms with Crippen molar-refractivity contribution in [3.63, 3.8) is 0 Å². The van der Waals surface area contributed by atoms with Gasteiger partial charge in [-0.15, -0.1) is 15.0 Å². The number of aliphatic hydroxyl groups excluding tert-OH is 4. The number of tetrazole rings is 1. The van der Waals surface area contributed by atoms with Crippen molar-refractivity contribution in [2.24, 2.45) is 0 Å². The highest BCUT2D eigenvalue weighted by Gasteiger charge is 2.45. The van der Waals surface area contributed by atoms with Crippen LogP contribution in [0.5, 0.6) is 5.75 Å². The average Bonchev–Trinajstić information content (AvgIpc) is 3.19.